The lowest BCUT2D eigenvalue weighted by atomic mass is 9.97. The van der Waals surface area contributed by atoms with E-state index in [1.54, 1.807) is 18.7 Å². The van der Waals surface area contributed by atoms with Crippen LogP contribution in [0.25, 0.3) is 22.5 Å². The Hall–Kier alpha value is -3.02. The zero-order valence-corrected chi connectivity index (χ0v) is 20.8. The molecule has 2 aromatic heterocycles. The number of nitrogens with zero attached hydrogens (tertiary/aromatic N) is 2. The van der Waals surface area contributed by atoms with Gasteiger partial charge in [-0.3, -0.25) is 4.79 Å². The van der Waals surface area contributed by atoms with Crippen molar-refractivity contribution < 1.29 is 27.8 Å². The predicted octanol–water partition coefficient (Wildman–Crippen LogP) is 3.94. The highest BCUT2D eigenvalue weighted by atomic mass is 32.2. The summed E-state index contributed by atoms with van der Waals surface area (Å²) in [5.74, 6) is -0.988. The number of carboxylic acid groups (broad SMARTS) is 1. The molecule has 184 valence electrons. The fourth-order valence-electron chi connectivity index (χ4n) is 4.48. The van der Waals surface area contributed by atoms with Crippen molar-refractivity contribution in [3.63, 3.8) is 0 Å². The predicted molar refractivity (Wildman–Crippen MR) is 130 cm³/mol. The molecule has 1 aliphatic heterocycles. The number of carboxylic acids is 1. The third-order valence-corrected chi connectivity index (χ3v) is 9.13. The van der Waals surface area contributed by atoms with Crippen LogP contribution in [0.2, 0.25) is 0 Å². The van der Waals surface area contributed by atoms with Crippen molar-refractivity contribution >= 4 is 27.1 Å². The van der Waals surface area contributed by atoms with Gasteiger partial charge < -0.3 is 19.1 Å². The maximum Gasteiger partial charge on any atom is 0.341 e. The molecule has 1 atom stereocenters. The summed E-state index contributed by atoms with van der Waals surface area (Å²) >= 11 is 1.40. The molecule has 3 heterocycles. The van der Waals surface area contributed by atoms with Crippen LogP contribution in [0.1, 0.15) is 53.4 Å². The summed E-state index contributed by atoms with van der Waals surface area (Å²) in [6.45, 7) is 2.35. The summed E-state index contributed by atoms with van der Waals surface area (Å²) in [7, 11) is -2.29. The monoisotopic (exact) mass is 516 g/mol. The number of methoxy groups -OCH3 is 1. The van der Waals surface area contributed by atoms with Crippen molar-refractivity contribution in [2.45, 2.75) is 42.4 Å². The van der Waals surface area contributed by atoms with Crippen LogP contribution >= 0.6 is 11.3 Å². The normalized spacial score (nSPS) is 18.1. The second-order valence-corrected chi connectivity index (χ2v) is 11.6. The number of carbonyl (C=O) groups is 1. The third-order valence-electron chi connectivity index (χ3n) is 6.41. The first-order chi connectivity index (χ1) is 16.8. The highest BCUT2D eigenvalue weighted by Gasteiger charge is 2.41. The number of benzene rings is 1. The van der Waals surface area contributed by atoms with E-state index >= 15 is 0 Å². The van der Waals surface area contributed by atoms with Crippen LogP contribution in [0.3, 0.4) is 0 Å². The van der Waals surface area contributed by atoms with Crippen LogP contribution in [0.15, 0.2) is 38.8 Å². The van der Waals surface area contributed by atoms with E-state index in [2.05, 4.69) is 4.98 Å². The lowest BCUT2D eigenvalue weighted by Gasteiger charge is -2.29. The van der Waals surface area contributed by atoms with Gasteiger partial charge >= 0.3 is 5.97 Å². The van der Waals surface area contributed by atoms with E-state index < -0.39 is 32.2 Å². The Morgan fingerprint density at radius 3 is 2.63 bits per heavy atom. The number of ether oxygens (including phenoxy) is 2. The Kier molecular flexibility index (Phi) is 6.02. The zero-order chi connectivity index (χ0) is 24.9. The first-order valence-electron chi connectivity index (χ1n) is 11.2. The van der Waals surface area contributed by atoms with Crippen molar-refractivity contribution in [3.05, 3.63) is 50.6 Å². The highest BCUT2D eigenvalue weighted by Crippen LogP contribution is 2.50. The number of hydrogen-bond donors (Lipinski definition) is 1. The van der Waals surface area contributed by atoms with Gasteiger partial charge in [0.25, 0.3) is 5.56 Å². The molecule has 9 nitrogen and oxygen atoms in total. The second kappa shape index (κ2) is 8.89. The molecule has 5 rings (SSSR count). The maximum atomic E-state index is 13.6. The van der Waals surface area contributed by atoms with Crippen molar-refractivity contribution in [2.75, 3.05) is 20.3 Å². The number of hydrogen-bond acceptors (Lipinski definition) is 8. The summed E-state index contributed by atoms with van der Waals surface area (Å²) in [5, 5.41) is 10.4. The zero-order valence-electron chi connectivity index (χ0n) is 19.2. The van der Waals surface area contributed by atoms with Gasteiger partial charge in [-0.1, -0.05) is 0 Å². The molecule has 0 bridgehead atoms. The Morgan fingerprint density at radius 1 is 1.23 bits per heavy atom. The van der Waals surface area contributed by atoms with Crippen molar-refractivity contribution in [3.8, 4) is 28.3 Å². The first-order valence-corrected chi connectivity index (χ1v) is 13.7. The molecule has 3 aromatic rings. The number of pyridine rings is 1. The van der Waals surface area contributed by atoms with E-state index in [0.717, 1.165) is 12.8 Å². The fraction of sp³-hybridized carbons (Fsp3) is 0.375. The summed E-state index contributed by atoms with van der Waals surface area (Å²) in [5.41, 5.74) is 3.02. The van der Waals surface area contributed by atoms with Crippen LogP contribution in [0.5, 0.6) is 5.75 Å². The van der Waals surface area contributed by atoms with Gasteiger partial charge in [-0.05, 0) is 37.5 Å². The van der Waals surface area contributed by atoms with Crippen LogP contribution in [0, 0.1) is 0 Å². The summed E-state index contributed by atoms with van der Waals surface area (Å²) in [6, 6.07) is 4.28. The number of thiazole rings is 1. The number of aromatic nitrogens is 2. The van der Waals surface area contributed by atoms with E-state index in [1.807, 2.05) is 5.38 Å². The van der Waals surface area contributed by atoms with E-state index in [4.69, 9.17) is 9.47 Å². The average Bonchev–Trinajstić information content (AvgIpc) is 3.51. The lowest BCUT2D eigenvalue weighted by Crippen LogP contribution is -2.31. The molecule has 0 amide bonds. The van der Waals surface area contributed by atoms with Crippen molar-refractivity contribution in [1.82, 2.24) is 9.55 Å². The van der Waals surface area contributed by atoms with Crippen LogP contribution in [-0.4, -0.2) is 49.4 Å². The minimum absolute atomic E-state index is 0.0649. The quantitative estimate of drug-likeness (QED) is 0.447. The largest absolute Gasteiger partial charge is 0.493 e. The molecule has 1 N–H and O–H groups in total. The topological polar surface area (TPSA) is 125 Å². The van der Waals surface area contributed by atoms with Crippen LogP contribution < -0.4 is 10.3 Å². The molecular formula is C24H24N2O7S2. The number of sulfone groups is 1. The molecule has 0 radical (unpaired) electrons. The van der Waals surface area contributed by atoms with E-state index in [9.17, 15) is 23.1 Å². The van der Waals surface area contributed by atoms with Crippen molar-refractivity contribution in [2.24, 2.45) is 0 Å². The summed E-state index contributed by atoms with van der Waals surface area (Å²) in [6.07, 6.45) is 2.08. The van der Waals surface area contributed by atoms with Crippen molar-refractivity contribution in [1.29, 1.82) is 0 Å². The SMILES string of the molecule is COCCCOc1cc2c(cc1-c1cscn1)-c1c(cc(C(=O)O)c(=O)n1C1CC1)C(C)S2(=O)=O. The molecule has 1 unspecified atom stereocenters. The summed E-state index contributed by atoms with van der Waals surface area (Å²) in [4.78, 5) is 29.5. The van der Waals surface area contributed by atoms with E-state index in [1.165, 1.54) is 35.0 Å². The molecule has 1 aliphatic carbocycles. The van der Waals surface area contributed by atoms with Gasteiger partial charge in [-0.25, -0.2) is 18.2 Å². The number of aromatic carboxylic acids is 1. The molecule has 2 aliphatic rings. The van der Waals surface area contributed by atoms with E-state index in [0.29, 0.717) is 53.5 Å². The third kappa shape index (κ3) is 3.97. The van der Waals surface area contributed by atoms with Gasteiger partial charge in [0.05, 0.1) is 33.7 Å². The Balaban J connectivity index is 1.80. The molecule has 11 heteroatoms. The number of fused-ring (bicyclic) bond motifs is 3. The molecule has 0 spiro atoms. The molecule has 0 saturated heterocycles. The fourth-order valence-corrected chi connectivity index (χ4v) is 6.66. The molecule has 35 heavy (non-hydrogen) atoms. The number of rotatable bonds is 8. The maximum absolute atomic E-state index is 13.6. The van der Waals surface area contributed by atoms with Gasteiger partial charge in [0.1, 0.15) is 11.3 Å². The Labute approximate surface area is 205 Å². The highest BCUT2D eigenvalue weighted by molar-refractivity contribution is 7.92. The summed E-state index contributed by atoms with van der Waals surface area (Å²) < 4.78 is 39.8. The Morgan fingerprint density at radius 2 is 2.00 bits per heavy atom. The van der Waals surface area contributed by atoms with Crippen LogP contribution in [0.4, 0.5) is 0 Å². The average molecular weight is 517 g/mol. The molecular weight excluding hydrogens is 492 g/mol. The second-order valence-electron chi connectivity index (χ2n) is 8.67. The van der Waals surface area contributed by atoms with Crippen LogP contribution in [-0.2, 0) is 14.6 Å². The smallest absolute Gasteiger partial charge is 0.341 e. The van der Waals surface area contributed by atoms with Gasteiger partial charge in [0, 0.05) is 48.8 Å². The van der Waals surface area contributed by atoms with Gasteiger partial charge in [-0.2, -0.15) is 0 Å². The first kappa shape index (κ1) is 23.7. The van der Waals surface area contributed by atoms with Gasteiger partial charge in [0.15, 0.2) is 9.84 Å². The van der Waals surface area contributed by atoms with Gasteiger partial charge in [-0.15, -0.1) is 11.3 Å². The molecule has 1 saturated carbocycles. The van der Waals surface area contributed by atoms with E-state index in [-0.39, 0.29) is 10.9 Å². The molecule has 1 aromatic carbocycles. The Bertz CT molecular complexity index is 1470. The minimum Gasteiger partial charge on any atom is -0.493 e. The lowest BCUT2D eigenvalue weighted by molar-refractivity contribution is 0.0694. The minimum atomic E-state index is -3.89. The van der Waals surface area contributed by atoms with Gasteiger partial charge in [0.2, 0.25) is 0 Å². The molecule has 1 fully saturated rings. The standard InChI is InChI=1S/C24H24N2O7S2/c1-13-15-8-18(24(28)29)23(27)26(14-4-5-14)22(15)17-9-16(19-11-34-12-25-19)20(33-7-3-6-32-2)10-21(17)35(13,30)31/h8-14H,3-7H2,1-2H3,(H,28,29).